The van der Waals surface area contributed by atoms with Gasteiger partial charge in [0.2, 0.25) is 0 Å². The van der Waals surface area contributed by atoms with E-state index in [4.69, 9.17) is 9.97 Å². The van der Waals surface area contributed by atoms with E-state index in [-0.39, 0.29) is 0 Å². The molecule has 0 spiro atoms. The van der Waals surface area contributed by atoms with Crippen LogP contribution in [0.3, 0.4) is 0 Å². The van der Waals surface area contributed by atoms with Crippen LogP contribution in [-0.2, 0) is 0 Å². The van der Waals surface area contributed by atoms with Crippen molar-refractivity contribution >= 4 is 28.4 Å². The highest BCUT2D eigenvalue weighted by atomic mass is 127. The molecule has 1 aliphatic carbocycles. The van der Waals surface area contributed by atoms with Crippen LogP contribution in [0, 0.1) is 9.49 Å². The molecule has 1 aliphatic rings. The number of nitrogens with one attached hydrogen (secondary N) is 1. The normalized spacial score (nSPS) is 23.7. The second-order valence-corrected chi connectivity index (χ2v) is 7.08. The SMILES string of the molecule is CNc1nc(C2CCCC(C)C2)nc(C(C)C)c1I. The van der Waals surface area contributed by atoms with Crippen molar-refractivity contribution in [1.82, 2.24) is 9.97 Å². The quantitative estimate of drug-likeness (QED) is 0.791. The molecule has 0 bridgehead atoms. The first-order valence-electron chi connectivity index (χ1n) is 7.28. The molecule has 3 nitrogen and oxygen atoms in total. The van der Waals surface area contributed by atoms with Crippen LogP contribution < -0.4 is 5.32 Å². The Labute approximate surface area is 130 Å². The fourth-order valence-corrected chi connectivity index (χ4v) is 4.02. The molecule has 2 rings (SSSR count). The van der Waals surface area contributed by atoms with E-state index < -0.39 is 0 Å². The van der Waals surface area contributed by atoms with Crippen LogP contribution in [0.5, 0.6) is 0 Å². The van der Waals surface area contributed by atoms with Crippen LogP contribution in [0.25, 0.3) is 0 Å². The van der Waals surface area contributed by atoms with Crippen molar-refractivity contribution in [2.45, 2.75) is 58.3 Å². The number of halogens is 1. The molecule has 1 aromatic rings. The maximum Gasteiger partial charge on any atom is 0.143 e. The van der Waals surface area contributed by atoms with E-state index in [9.17, 15) is 0 Å². The van der Waals surface area contributed by atoms with E-state index in [1.54, 1.807) is 0 Å². The lowest BCUT2D eigenvalue weighted by Crippen LogP contribution is -2.17. The molecule has 0 radical (unpaired) electrons. The molecular weight excluding hydrogens is 349 g/mol. The summed E-state index contributed by atoms with van der Waals surface area (Å²) in [5.74, 6) is 3.85. The predicted octanol–water partition coefficient (Wildman–Crippen LogP) is 4.54. The van der Waals surface area contributed by atoms with Gasteiger partial charge in [-0.05, 0) is 47.3 Å². The number of nitrogens with zero attached hydrogens (tertiary/aromatic N) is 2. The van der Waals surface area contributed by atoms with Crippen molar-refractivity contribution < 1.29 is 0 Å². The standard InChI is InChI=1S/C15H24IN3/c1-9(2)13-12(16)15(17-4)19-14(18-13)11-7-5-6-10(3)8-11/h9-11H,5-8H2,1-4H3,(H,17,18,19). The highest BCUT2D eigenvalue weighted by Crippen LogP contribution is 2.36. The molecule has 0 amide bonds. The fourth-order valence-electron chi connectivity index (χ4n) is 2.88. The maximum absolute atomic E-state index is 4.88. The van der Waals surface area contributed by atoms with Crippen molar-refractivity contribution in [3.8, 4) is 0 Å². The lowest BCUT2D eigenvalue weighted by molar-refractivity contribution is 0.334. The average Bonchev–Trinajstić information content (AvgIpc) is 2.38. The largest absolute Gasteiger partial charge is 0.372 e. The van der Waals surface area contributed by atoms with Crippen LogP contribution in [-0.4, -0.2) is 17.0 Å². The zero-order chi connectivity index (χ0) is 14.0. The van der Waals surface area contributed by atoms with Gasteiger partial charge in [0.05, 0.1) is 9.26 Å². The van der Waals surface area contributed by atoms with Gasteiger partial charge in [-0.3, -0.25) is 0 Å². The Bertz CT molecular complexity index is 445. The van der Waals surface area contributed by atoms with Crippen molar-refractivity contribution in [3.05, 3.63) is 15.1 Å². The van der Waals surface area contributed by atoms with Crippen LogP contribution in [0.2, 0.25) is 0 Å². The summed E-state index contributed by atoms with van der Waals surface area (Å²) in [6, 6.07) is 0. The minimum atomic E-state index is 0.446. The summed E-state index contributed by atoms with van der Waals surface area (Å²) in [5.41, 5.74) is 1.19. The first-order valence-corrected chi connectivity index (χ1v) is 8.35. The molecule has 1 fully saturated rings. The monoisotopic (exact) mass is 373 g/mol. The maximum atomic E-state index is 4.88. The van der Waals surface area contributed by atoms with Crippen molar-refractivity contribution in [1.29, 1.82) is 0 Å². The van der Waals surface area contributed by atoms with E-state index in [0.717, 1.165) is 17.6 Å². The molecule has 0 aromatic carbocycles. The average molecular weight is 373 g/mol. The smallest absolute Gasteiger partial charge is 0.143 e. The second kappa shape index (κ2) is 6.37. The topological polar surface area (TPSA) is 37.8 Å². The van der Waals surface area contributed by atoms with Gasteiger partial charge in [-0.1, -0.05) is 33.6 Å². The summed E-state index contributed by atoms with van der Waals surface area (Å²) in [6.07, 6.45) is 5.15. The van der Waals surface area contributed by atoms with E-state index >= 15 is 0 Å². The highest BCUT2D eigenvalue weighted by Gasteiger charge is 2.25. The van der Waals surface area contributed by atoms with Crippen molar-refractivity contribution in [3.63, 3.8) is 0 Å². The molecular formula is C15H24IN3. The molecule has 106 valence electrons. The van der Waals surface area contributed by atoms with Gasteiger partial charge in [-0.15, -0.1) is 0 Å². The fraction of sp³-hybridized carbons (Fsp3) is 0.733. The molecule has 2 unspecified atom stereocenters. The zero-order valence-corrected chi connectivity index (χ0v) is 14.5. The Balaban J connectivity index is 2.37. The third-order valence-corrected chi connectivity index (χ3v) is 5.04. The van der Waals surface area contributed by atoms with Gasteiger partial charge < -0.3 is 5.32 Å². The second-order valence-electron chi connectivity index (χ2n) is 6.00. The van der Waals surface area contributed by atoms with Gasteiger partial charge >= 0.3 is 0 Å². The Hall–Kier alpha value is -0.390. The van der Waals surface area contributed by atoms with Gasteiger partial charge in [0.25, 0.3) is 0 Å². The van der Waals surface area contributed by atoms with Crippen LogP contribution >= 0.6 is 22.6 Å². The minimum Gasteiger partial charge on any atom is -0.372 e. The zero-order valence-electron chi connectivity index (χ0n) is 12.3. The summed E-state index contributed by atoms with van der Waals surface area (Å²) in [6.45, 7) is 6.76. The summed E-state index contributed by atoms with van der Waals surface area (Å²) in [4.78, 5) is 9.64. The predicted molar refractivity (Wildman–Crippen MR) is 88.8 cm³/mol. The number of hydrogen-bond acceptors (Lipinski definition) is 3. The summed E-state index contributed by atoms with van der Waals surface area (Å²) in [5, 5.41) is 3.22. The number of aromatic nitrogens is 2. The molecule has 0 saturated heterocycles. The first-order chi connectivity index (χ1) is 9.02. The summed E-state index contributed by atoms with van der Waals surface area (Å²) < 4.78 is 1.17. The molecule has 0 aliphatic heterocycles. The van der Waals surface area contributed by atoms with E-state index in [0.29, 0.717) is 11.8 Å². The highest BCUT2D eigenvalue weighted by molar-refractivity contribution is 14.1. The van der Waals surface area contributed by atoms with E-state index in [2.05, 4.69) is 48.7 Å². The van der Waals surface area contributed by atoms with Crippen LogP contribution in [0.1, 0.15) is 69.8 Å². The van der Waals surface area contributed by atoms with Gasteiger partial charge in [0.15, 0.2) is 0 Å². The lowest BCUT2D eigenvalue weighted by Gasteiger charge is -2.26. The Morgan fingerprint density at radius 1 is 1.26 bits per heavy atom. The number of rotatable bonds is 3. The van der Waals surface area contributed by atoms with Crippen molar-refractivity contribution in [2.24, 2.45) is 5.92 Å². The van der Waals surface area contributed by atoms with E-state index in [1.165, 1.54) is 34.9 Å². The minimum absolute atomic E-state index is 0.446. The Morgan fingerprint density at radius 3 is 2.58 bits per heavy atom. The van der Waals surface area contributed by atoms with Gasteiger partial charge in [0.1, 0.15) is 11.6 Å². The van der Waals surface area contributed by atoms with Gasteiger partial charge in [-0.2, -0.15) is 0 Å². The Morgan fingerprint density at radius 2 is 2.00 bits per heavy atom. The van der Waals surface area contributed by atoms with E-state index in [1.807, 2.05) is 7.05 Å². The summed E-state index contributed by atoms with van der Waals surface area (Å²) in [7, 11) is 1.95. The summed E-state index contributed by atoms with van der Waals surface area (Å²) >= 11 is 2.36. The number of anilines is 1. The lowest BCUT2D eigenvalue weighted by atomic mass is 9.82. The van der Waals surface area contributed by atoms with Gasteiger partial charge in [0, 0.05) is 13.0 Å². The Kier molecular flexibility index (Phi) is 5.03. The van der Waals surface area contributed by atoms with Gasteiger partial charge in [-0.25, -0.2) is 9.97 Å². The van der Waals surface area contributed by atoms with Crippen molar-refractivity contribution in [2.75, 3.05) is 12.4 Å². The van der Waals surface area contributed by atoms with Crippen LogP contribution in [0.4, 0.5) is 5.82 Å². The molecule has 1 N–H and O–H groups in total. The first kappa shape index (κ1) is 15.0. The molecule has 1 aromatic heterocycles. The third-order valence-electron chi connectivity index (χ3n) is 3.98. The molecule has 1 saturated carbocycles. The molecule has 19 heavy (non-hydrogen) atoms. The number of hydrogen-bond donors (Lipinski definition) is 1. The molecule has 4 heteroatoms. The third kappa shape index (κ3) is 3.38. The van der Waals surface area contributed by atoms with Crippen LogP contribution in [0.15, 0.2) is 0 Å². The molecule has 2 atom stereocenters. The molecule has 1 heterocycles.